The summed E-state index contributed by atoms with van der Waals surface area (Å²) in [6.45, 7) is 2.75. The third kappa shape index (κ3) is 2.92. The van der Waals surface area contributed by atoms with Gasteiger partial charge in [0, 0.05) is 18.7 Å². The van der Waals surface area contributed by atoms with Crippen LogP contribution in [0.4, 0.5) is 0 Å². The van der Waals surface area contributed by atoms with Crippen molar-refractivity contribution in [1.82, 2.24) is 4.90 Å². The number of piperidine rings is 1. The molecule has 88 valence electrons. The molecule has 3 nitrogen and oxygen atoms in total. The van der Waals surface area contributed by atoms with Gasteiger partial charge in [-0.25, -0.2) is 0 Å². The molecule has 1 aliphatic carbocycles. The fourth-order valence-electron chi connectivity index (χ4n) is 2.97. The van der Waals surface area contributed by atoms with E-state index in [0.29, 0.717) is 18.6 Å². The second-order valence-corrected chi connectivity index (χ2v) is 5.23. The fourth-order valence-corrected chi connectivity index (χ4v) is 2.97. The summed E-state index contributed by atoms with van der Waals surface area (Å²) in [6.07, 6.45) is 7.32. The Morgan fingerprint density at radius 1 is 1.00 bits per heavy atom. The second kappa shape index (κ2) is 5.28. The fraction of sp³-hybridized carbons (Fsp3) is 1.00. The van der Waals surface area contributed by atoms with Crippen LogP contribution in [-0.2, 0) is 0 Å². The molecular formula is C12H24N2O. The molecular weight excluding hydrogens is 188 g/mol. The molecule has 0 radical (unpaired) electrons. The molecule has 15 heavy (non-hydrogen) atoms. The van der Waals surface area contributed by atoms with Crippen LogP contribution in [0.2, 0.25) is 0 Å². The summed E-state index contributed by atoms with van der Waals surface area (Å²) in [5, 5.41) is 9.09. The molecule has 2 rings (SSSR count). The van der Waals surface area contributed by atoms with Crippen LogP contribution in [0.15, 0.2) is 0 Å². The predicted octanol–water partition coefficient (Wildman–Crippen LogP) is 0.961. The average Bonchev–Trinajstić information content (AvgIpc) is 2.30. The van der Waals surface area contributed by atoms with Gasteiger partial charge >= 0.3 is 0 Å². The monoisotopic (exact) mass is 212 g/mol. The van der Waals surface area contributed by atoms with Crippen LogP contribution in [0, 0.1) is 5.92 Å². The van der Waals surface area contributed by atoms with Crippen molar-refractivity contribution in [2.45, 2.75) is 50.6 Å². The van der Waals surface area contributed by atoms with Gasteiger partial charge in [-0.2, -0.15) is 0 Å². The van der Waals surface area contributed by atoms with Gasteiger partial charge in [-0.15, -0.1) is 0 Å². The van der Waals surface area contributed by atoms with E-state index < -0.39 is 0 Å². The van der Waals surface area contributed by atoms with Gasteiger partial charge < -0.3 is 15.7 Å². The Labute approximate surface area is 92.6 Å². The maximum atomic E-state index is 9.09. The van der Waals surface area contributed by atoms with E-state index in [4.69, 9.17) is 10.8 Å². The lowest BCUT2D eigenvalue weighted by Gasteiger charge is -2.40. The molecule has 0 aromatic rings. The number of rotatable bonds is 2. The summed E-state index contributed by atoms with van der Waals surface area (Å²) < 4.78 is 0. The highest BCUT2D eigenvalue weighted by Crippen LogP contribution is 2.26. The first-order chi connectivity index (χ1) is 7.29. The third-order valence-electron chi connectivity index (χ3n) is 4.17. The Hall–Kier alpha value is -0.120. The zero-order valence-electron chi connectivity index (χ0n) is 9.57. The van der Waals surface area contributed by atoms with Crippen molar-refractivity contribution < 1.29 is 5.11 Å². The molecule has 3 N–H and O–H groups in total. The van der Waals surface area contributed by atoms with Gasteiger partial charge in [-0.05, 0) is 57.5 Å². The topological polar surface area (TPSA) is 49.5 Å². The Morgan fingerprint density at radius 3 is 2.13 bits per heavy atom. The first-order valence-electron chi connectivity index (χ1n) is 6.40. The smallest absolute Gasteiger partial charge is 0.0460 e. The number of nitrogens with two attached hydrogens (primary N) is 1. The van der Waals surface area contributed by atoms with E-state index in [9.17, 15) is 0 Å². The summed E-state index contributed by atoms with van der Waals surface area (Å²) in [7, 11) is 0. The summed E-state index contributed by atoms with van der Waals surface area (Å²) >= 11 is 0. The van der Waals surface area contributed by atoms with Gasteiger partial charge in [0.15, 0.2) is 0 Å². The van der Waals surface area contributed by atoms with Crippen LogP contribution in [-0.4, -0.2) is 41.8 Å². The van der Waals surface area contributed by atoms with E-state index in [1.54, 1.807) is 0 Å². The minimum Gasteiger partial charge on any atom is -0.396 e. The van der Waals surface area contributed by atoms with Gasteiger partial charge in [0.2, 0.25) is 0 Å². The highest BCUT2D eigenvalue weighted by molar-refractivity contribution is 4.83. The molecule has 0 amide bonds. The van der Waals surface area contributed by atoms with E-state index in [1.165, 1.54) is 51.6 Å². The molecule has 1 saturated carbocycles. The zero-order chi connectivity index (χ0) is 10.7. The average molecular weight is 212 g/mol. The summed E-state index contributed by atoms with van der Waals surface area (Å²) in [5.41, 5.74) is 5.92. The second-order valence-electron chi connectivity index (χ2n) is 5.23. The lowest BCUT2D eigenvalue weighted by atomic mass is 9.88. The van der Waals surface area contributed by atoms with Crippen LogP contribution in [0.3, 0.4) is 0 Å². The standard InChI is InChI=1S/C12H24N2O/c13-11-1-3-12(4-2-11)14-7-5-10(9-15)6-8-14/h10-12,15H,1-9,13H2. The highest BCUT2D eigenvalue weighted by Gasteiger charge is 2.27. The summed E-state index contributed by atoms with van der Waals surface area (Å²) in [4.78, 5) is 2.62. The minimum absolute atomic E-state index is 0.378. The lowest BCUT2D eigenvalue weighted by molar-refractivity contribution is 0.0813. The summed E-state index contributed by atoms with van der Waals surface area (Å²) in [5.74, 6) is 0.562. The van der Waals surface area contributed by atoms with Crippen molar-refractivity contribution in [2.24, 2.45) is 11.7 Å². The van der Waals surface area contributed by atoms with Crippen LogP contribution < -0.4 is 5.73 Å². The van der Waals surface area contributed by atoms with Gasteiger partial charge in [0.25, 0.3) is 0 Å². The van der Waals surface area contributed by atoms with Crippen LogP contribution in [0.1, 0.15) is 38.5 Å². The largest absolute Gasteiger partial charge is 0.396 e. The normalized spacial score (nSPS) is 35.6. The molecule has 0 aromatic carbocycles. The maximum Gasteiger partial charge on any atom is 0.0460 e. The highest BCUT2D eigenvalue weighted by atomic mass is 16.3. The Morgan fingerprint density at radius 2 is 1.60 bits per heavy atom. The van der Waals surface area contributed by atoms with E-state index >= 15 is 0 Å². The van der Waals surface area contributed by atoms with E-state index in [-0.39, 0.29) is 0 Å². The Balaban J connectivity index is 1.75. The summed E-state index contributed by atoms with van der Waals surface area (Å²) in [6, 6.07) is 1.24. The molecule has 0 atom stereocenters. The number of aliphatic hydroxyl groups is 1. The number of hydrogen-bond acceptors (Lipinski definition) is 3. The van der Waals surface area contributed by atoms with Gasteiger partial charge in [-0.3, -0.25) is 0 Å². The number of aliphatic hydroxyl groups excluding tert-OH is 1. The molecule has 1 aliphatic heterocycles. The first-order valence-corrected chi connectivity index (χ1v) is 6.40. The van der Waals surface area contributed by atoms with Crippen molar-refractivity contribution in [3.05, 3.63) is 0 Å². The molecule has 1 saturated heterocycles. The molecule has 2 aliphatic rings. The van der Waals surface area contributed by atoms with Crippen molar-refractivity contribution in [3.8, 4) is 0 Å². The van der Waals surface area contributed by atoms with Gasteiger partial charge in [-0.1, -0.05) is 0 Å². The third-order valence-corrected chi connectivity index (χ3v) is 4.17. The molecule has 3 heteroatoms. The Bertz CT molecular complexity index is 182. The maximum absolute atomic E-state index is 9.09. The molecule has 2 fully saturated rings. The van der Waals surface area contributed by atoms with E-state index in [2.05, 4.69) is 4.90 Å². The van der Waals surface area contributed by atoms with Crippen LogP contribution >= 0.6 is 0 Å². The molecule has 0 unspecified atom stereocenters. The SMILES string of the molecule is NC1CCC(N2CCC(CO)CC2)CC1. The quantitative estimate of drug-likeness (QED) is 0.717. The predicted molar refractivity (Wildman–Crippen MR) is 61.6 cm³/mol. The Kier molecular flexibility index (Phi) is 4.00. The molecule has 0 bridgehead atoms. The number of nitrogens with zero attached hydrogens (tertiary/aromatic N) is 1. The lowest BCUT2D eigenvalue weighted by Crippen LogP contribution is -2.45. The molecule has 0 spiro atoms. The van der Waals surface area contributed by atoms with Crippen LogP contribution in [0.25, 0.3) is 0 Å². The van der Waals surface area contributed by atoms with Gasteiger partial charge in [0.1, 0.15) is 0 Å². The number of hydrogen-bond donors (Lipinski definition) is 2. The zero-order valence-corrected chi connectivity index (χ0v) is 9.57. The molecule has 1 heterocycles. The van der Waals surface area contributed by atoms with Crippen LogP contribution in [0.5, 0.6) is 0 Å². The first kappa shape index (κ1) is 11.4. The van der Waals surface area contributed by atoms with Crippen molar-refractivity contribution in [3.63, 3.8) is 0 Å². The van der Waals surface area contributed by atoms with Gasteiger partial charge in [0.05, 0.1) is 0 Å². The van der Waals surface area contributed by atoms with Crippen molar-refractivity contribution >= 4 is 0 Å². The van der Waals surface area contributed by atoms with Crippen molar-refractivity contribution in [2.75, 3.05) is 19.7 Å². The minimum atomic E-state index is 0.378. The number of likely N-dealkylation sites (tertiary alicyclic amines) is 1. The molecule has 0 aromatic heterocycles. The van der Waals surface area contributed by atoms with E-state index in [0.717, 1.165) is 6.04 Å². The van der Waals surface area contributed by atoms with Crippen molar-refractivity contribution in [1.29, 1.82) is 0 Å². The van der Waals surface area contributed by atoms with E-state index in [1.807, 2.05) is 0 Å².